The van der Waals surface area contributed by atoms with Crippen molar-refractivity contribution in [2.75, 3.05) is 5.32 Å². The molecule has 0 fully saturated rings. The average molecular weight is 361 g/mol. The van der Waals surface area contributed by atoms with Crippen LogP contribution in [0.15, 0.2) is 34.8 Å². The number of hydrogen-bond acceptors (Lipinski definition) is 3. The lowest BCUT2D eigenvalue weighted by atomic mass is 10.2. The van der Waals surface area contributed by atoms with Crippen LogP contribution in [0.4, 0.5) is 5.69 Å². The molecule has 1 aromatic heterocycles. The molecule has 1 aromatic carbocycles. The predicted octanol–water partition coefficient (Wildman–Crippen LogP) is 4.71. The minimum atomic E-state index is -0.922. The second-order valence-electron chi connectivity index (χ2n) is 3.98. The summed E-state index contributed by atoms with van der Waals surface area (Å²) in [5.41, 5.74) is 0.682. The summed E-state index contributed by atoms with van der Waals surface area (Å²) in [5, 5.41) is 12.9. The number of aliphatic carboxylic acids is 1. The average Bonchev–Trinajstić information content (AvgIpc) is 2.66. The zero-order valence-electron chi connectivity index (χ0n) is 9.98. The maximum atomic E-state index is 11.4. The van der Waals surface area contributed by atoms with E-state index in [4.69, 9.17) is 11.6 Å². The second kappa shape index (κ2) is 5.94. The van der Waals surface area contributed by atoms with E-state index in [2.05, 4.69) is 21.2 Å². The fourth-order valence-electron chi connectivity index (χ4n) is 1.62. The Morgan fingerprint density at radius 1 is 1.47 bits per heavy atom. The summed E-state index contributed by atoms with van der Waals surface area (Å²) in [4.78, 5) is 13.2. The van der Waals surface area contributed by atoms with E-state index in [1.807, 2.05) is 13.0 Å². The van der Waals surface area contributed by atoms with Crippen LogP contribution in [0.3, 0.4) is 0 Å². The molecule has 0 spiro atoms. The molecule has 3 nitrogen and oxygen atoms in total. The second-order valence-corrected chi connectivity index (χ2v) is 6.56. The lowest BCUT2D eigenvalue weighted by Gasteiger charge is -2.14. The highest BCUT2D eigenvalue weighted by Crippen LogP contribution is 2.32. The molecule has 0 aliphatic rings. The van der Waals surface area contributed by atoms with Crippen molar-refractivity contribution in [3.05, 3.63) is 49.6 Å². The molecule has 0 aliphatic carbocycles. The zero-order valence-corrected chi connectivity index (χ0v) is 13.1. The third kappa shape index (κ3) is 3.49. The van der Waals surface area contributed by atoms with E-state index >= 15 is 0 Å². The van der Waals surface area contributed by atoms with Gasteiger partial charge in [0.15, 0.2) is 6.04 Å². The Labute approximate surface area is 128 Å². The molecule has 2 rings (SSSR count). The number of carboxylic acids is 1. The molecular formula is C13H11BrClNO2S. The van der Waals surface area contributed by atoms with Gasteiger partial charge in [-0.15, -0.1) is 11.3 Å². The zero-order chi connectivity index (χ0) is 14.0. The summed E-state index contributed by atoms with van der Waals surface area (Å²) in [7, 11) is 0. The van der Waals surface area contributed by atoms with Gasteiger partial charge in [-0.1, -0.05) is 17.7 Å². The number of carbonyl (C=O) groups is 1. The molecular weight excluding hydrogens is 350 g/mol. The molecule has 2 aromatic rings. The number of anilines is 1. The predicted molar refractivity (Wildman–Crippen MR) is 82.2 cm³/mol. The molecule has 0 radical (unpaired) electrons. The van der Waals surface area contributed by atoms with E-state index in [0.29, 0.717) is 10.7 Å². The number of thiophene rings is 1. The first-order chi connectivity index (χ1) is 8.97. The molecule has 0 saturated carbocycles. The molecule has 0 amide bonds. The van der Waals surface area contributed by atoms with Crippen molar-refractivity contribution in [3.8, 4) is 0 Å². The molecule has 0 aliphatic heterocycles. The van der Waals surface area contributed by atoms with Gasteiger partial charge in [0, 0.05) is 24.9 Å². The number of hydrogen-bond donors (Lipinski definition) is 2. The highest BCUT2D eigenvalue weighted by molar-refractivity contribution is 9.10. The first-order valence-electron chi connectivity index (χ1n) is 5.48. The van der Waals surface area contributed by atoms with Crippen LogP contribution >= 0.6 is 38.9 Å². The van der Waals surface area contributed by atoms with E-state index in [1.54, 1.807) is 24.3 Å². The summed E-state index contributed by atoms with van der Waals surface area (Å²) in [6, 6.07) is 8.06. The maximum absolute atomic E-state index is 11.4. The number of rotatable bonds is 4. The third-order valence-electron chi connectivity index (χ3n) is 2.54. The van der Waals surface area contributed by atoms with Gasteiger partial charge >= 0.3 is 5.97 Å². The van der Waals surface area contributed by atoms with Crippen molar-refractivity contribution >= 4 is 50.5 Å². The third-order valence-corrected chi connectivity index (χ3v) is 4.98. The minimum Gasteiger partial charge on any atom is -0.479 e. The number of aryl methyl sites for hydroxylation is 1. The summed E-state index contributed by atoms with van der Waals surface area (Å²) in [6.07, 6.45) is 0. The van der Waals surface area contributed by atoms with Crippen LogP contribution < -0.4 is 5.32 Å². The molecule has 1 unspecified atom stereocenters. The highest BCUT2D eigenvalue weighted by atomic mass is 79.9. The van der Waals surface area contributed by atoms with Crippen molar-refractivity contribution in [1.82, 2.24) is 0 Å². The monoisotopic (exact) mass is 359 g/mol. The van der Waals surface area contributed by atoms with Gasteiger partial charge in [-0.25, -0.2) is 4.79 Å². The van der Waals surface area contributed by atoms with E-state index in [0.717, 1.165) is 14.2 Å². The van der Waals surface area contributed by atoms with Gasteiger partial charge in [0.2, 0.25) is 0 Å². The van der Waals surface area contributed by atoms with Crippen molar-refractivity contribution in [1.29, 1.82) is 0 Å². The summed E-state index contributed by atoms with van der Waals surface area (Å²) < 4.78 is 0.923. The fraction of sp³-hybridized carbons (Fsp3) is 0.154. The minimum absolute atomic E-state index is 0.567. The lowest BCUT2D eigenvalue weighted by Crippen LogP contribution is -2.19. The number of carboxylic acid groups (broad SMARTS) is 1. The smallest absolute Gasteiger partial charge is 0.331 e. The van der Waals surface area contributed by atoms with Gasteiger partial charge in [0.1, 0.15) is 0 Å². The van der Waals surface area contributed by atoms with Crippen LogP contribution in [0.1, 0.15) is 15.8 Å². The van der Waals surface area contributed by atoms with Crippen molar-refractivity contribution in [2.45, 2.75) is 13.0 Å². The Hall–Kier alpha value is -1.04. The summed E-state index contributed by atoms with van der Waals surface area (Å²) in [5.74, 6) is -0.922. The Balaban J connectivity index is 2.29. The highest BCUT2D eigenvalue weighted by Gasteiger charge is 2.22. The quantitative estimate of drug-likeness (QED) is 0.830. The fourth-order valence-corrected chi connectivity index (χ4v) is 3.42. The van der Waals surface area contributed by atoms with E-state index in [-0.39, 0.29) is 0 Å². The van der Waals surface area contributed by atoms with Crippen molar-refractivity contribution in [2.24, 2.45) is 0 Å². The van der Waals surface area contributed by atoms with Crippen LogP contribution in [0, 0.1) is 6.92 Å². The maximum Gasteiger partial charge on any atom is 0.331 e. The van der Waals surface area contributed by atoms with Crippen LogP contribution in [-0.2, 0) is 4.79 Å². The van der Waals surface area contributed by atoms with Crippen LogP contribution in [0.2, 0.25) is 5.02 Å². The molecule has 100 valence electrons. The SMILES string of the molecule is Cc1sc(C(Nc2cccc(Cl)c2)C(=O)O)cc1Br. The normalized spacial score (nSPS) is 12.2. The number of halogens is 2. The van der Waals surface area contributed by atoms with Crippen LogP contribution in [0.5, 0.6) is 0 Å². The largest absolute Gasteiger partial charge is 0.479 e. The summed E-state index contributed by atoms with van der Waals surface area (Å²) >= 11 is 10.7. The first-order valence-corrected chi connectivity index (χ1v) is 7.47. The van der Waals surface area contributed by atoms with E-state index < -0.39 is 12.0 Å². The van der Waals surface area contributed by atoms with Gasteiger partial charge in [0.05, 0.1) is 0 Å². The number of nitrogens with one attached hydrogen (secondary N) is 1. The molecule has 6 heteroatoms. The molecule has 0 bridgehead atoms. The van der Waals surface area contributed by atoms with Gasteiger partial charge in [-0.2, -0.15) is 0 Å². The number of benzene rings is 1. The van der Waals surface area contributed by atoms with Gasteiger partial charge < -0.3 is 10.4 Å². The van der Waals surface area contributed by atoms with Crippen LogP contribution in [0.25, 0.3) is 0 Å². The Bertz CT molecular complexity index is 595. The topological polar surface area (TPSA) is 49.3 Å². The van der Waals surface area contributed by atoms with Gasteiger partial charge in [-0.3, -0.25) is 0 Å². The van der Waals surface area contributed by atoms with Crippen molar-refractivity contribution in [3.63, 3.8) is 0 Å². The first kappa shape index (κ1) is 14.4. The van der Waals surface area contributed by atoms with Crippen LogP contribution in [-0.4, -0.2) is 11.1 Å². The Morgan fingerprint density at radius 3 is 2.74 bits per heavy atom. The standard InChI is InChI=1S/C13H11BrClNO2S/c1-7-10(14)6-11(19-7)12(13(17)18)16-9-4-2-3-8(15)5-9/h2-6,12,16H,1H3,(H,17,18). The lowest BCUT2D eigenvalue weighted by molar-refractivity contribution is -0.138. The van der Waals surface area contributed by atoms with Gasteiger partial charge in [0.25, 0.3) is 0 Å². The molecule has 1 heterocycles. The summed E-state index contributed by atoms with van der Waals surface area (Å²) in [6.45, 7) is 1.94. The van der Waals surface area contributed by atoms with Crippen molar-refractivity contribution < 1.29 is 9.90 Å². The molecule has 19 heavy (non-hydrogen) atoms. The molecule has 1 atom stereocenters. The van der Waals surface area contributed by atoms with E-state index in [9.17, 15) is 9.90 Å². The Morgan fingerprint density at radius 2 is 2.21 bits per heavy atom. The molecule has 0 saturated heterocycles. The van der Waals surface area contributed by atoms with Gasteiger partial charge in [-0.05, 0) is 47.1 Å². The van der Waals surface area contributed by atoms with E-state index in [1.165, 1.54) is 11.3 Å². The molecule has 2 N–H and O–H groups in total. The Kier molecular flexibility index (Phi) is 4.50.